The maximum absolute atomic E-state index is 12.1. The van der Waals surface area contributed by atoms with Crippen LogP contribution in [0.5, 0.6) is 0 Å². The fourth-order valence-corrected chi connectivity index (χ4v) is 1.10. The van der Waals surface area contributed by atoms with Gasteiger partial charge in [0.15, 0.2) is 0 Å². The van der Waals surface area contributed by atoms with Gasteiger partial charge >= 0.3 is 6.18 Å². The van der Waals surface area contributed by atoms with Crippen molar-refractivity contribution in [1.29, 1.82) is 0 Å². The number of nitrogens with two attached hydrogens (primary N) is 1. The van der Waals surface area contributed by atoms with Crippen LogP contribution >= 0.6 is 0 Å². The van der Waals surface area contributed by atoms with Gasteiger partial charge in [-0.1, -0.05) is 12.8 Å². The zero-order chi connectivity index (χ0) is 9.35. The number of carbonyl (C=O) groups excluding carboxylic acids is 1. The molecule has 0 radical (unpaired) electrons. The number of carbonyl (C=O) groups is 1. The Morgan fingerprint density at radius 3 is 2.25 bits per heavy atom. The number of hydrogen-bond donors (Lipinski definition) is 1. The van der Waals surface area contributed by atoms with Gasteiger partial charge < -0.3 is 5.73 Å². The van der Waals surface area contributed by atoms with E-state index in [0.29, 0.717) is 0 Å². The van der Waals surface area contributed by atoms with E-state index in [-0.39, 0.29) is 12.3 Å². The highest BCUT2D eigenvalue weighted by molar-refractivity contribution is 5.77. The average Bonchev–Trinajstić information content (AvgIpc) is 2.61. The third-order valence-electron chi connectivity index (χ3n) is 2.00. The lowest BCUT2D eigenvalue weighted by molar-refractivity contribution is -0.182. The largest absolute Gasteiger partial charge is 0.400 e. The first-order valence-corrected chi connectivity index (χ1v) is 3.77. The average molecular weight is 181 g/mol. The molecule has 0 aromatic heterocycles. The molecule has 12 heavy (non-hydrogen) atoms. The van der Waals surface area contributed by atoms with E-state index in [1.165, 1.54) is 0 Å². The van der Waals surface area contributed by atoms with Crippen molar-refractivity contribution in [3.63, 3.8) is 0 Å². The Labute approximate surface area is 67.9 Å². The molecule has 0 aromatic carbocycles. The second-order valence-electron chi connectivity index (χ2n) is 3.18. The Morgan fingerprint density at radius 2 is 2.00 bits per heavy atom. The van der Waals surface area contributed by atoms with E-state index >= 15 is 0 Å². The molecule has 2 N–H and O–H groups in total. The summed E-state index contributed by atoms with van der Waals surface area (Å²) in [6.45, 7) is 0. The van der Waals surface area contributed by atoms with Crippen molar-refractivity contribution < 1.29 is 18.0 Å². The minimum atomic E-state index is -4.46. The van der Waals surface area contributed by atoms with Gasteiger partial charge in [0.2, 0.25) is 5.91 Å². The molecule has 1 aliphatic rings. The maximum atomic E-state index is 12.1. The smallest absolute Gasteiger partial charge is 0.369 e. The SMILES string of the molecule is NC(=O)C(CC1CC1)C(F)(F)F. The monoisotopic (exact) mass is 181 g/mol. The standard InChI is InChI=1S/C7H10F3NO/c8-7(9,10)5(6(11)12)3-4-1-2-4/h4-5H,1-3H2,(H2,11,12). The fraction of sp³-hybridized carbons (Fsp3) is 0.857. The molecule has 1 aliphatic carbocycles. The van der Waals surface area contributed by atoms with E-state index in [0.717, 1.165) is 12.8 Å². The van der Waals surface area contributed by atoms with Crippen LogP contribution < -0.4 is 5.73 Å². The third kappa shape index (κ3) is 2.39. The molecule has 0 spiro atoms. The number of alkyl halides is 3. The van der Waals surface area contributed by atoms with Crippen molar-refractivity contribution in [2.24, 2.45) is 17.6 Å². The van der Waals surface area contributed by atoms with Crippen molar-refractivity contribution in [3.8, 4) is 0 Å². The van der Waals surface area contributed by atoms with Crippen LogP contribution in [-0.2, 0) is 4.79 Å². The summed E-state index contributed by atoms with van der Waals surface area (Å²) in [6, 6.07) is 0. The van der Waals surface area contributed by atoms with Gasteiger partial charge in [-0.15, -0.1) is 0 Å². The Morgan fingerprint density at radius 1 is 1.50 bits per heavy atom. The van der Waals surface area contributed by atoms with Crippen LogP contribution in [-0.4, -0.2) is 12.1 Å². The molecule has 5 heteroatoms. The van der Waals surface area contributed by atoms with Crippen molar-refractivity contribution >= 4 is 5.91 Å². The normalized spacial score (nSPS) is 20.6. The van der Waals surface area contributed by atoms with Gasteiger partial charge in [-0.3, -0.25) is 4.79 Å². The van der Waals surface area contributed by atoms with Gasteiger partial charge in [-0.05, 0) is 12.3 Å². The number of halogens is 3. The molecule has 1 fully saturated rings. The first kappa shape index (κ1) is 9.35. The Bertz CT molecular complexity index is 186. The van der Waals surface area contributed by atoms with E-state index in [2.05, 4.69) is 5.73 Å². The number of rotatable bonds is 3. The molecule has 1 unspecified atom stereocenters. The van der Waals surface area contributed by atoms with Crippen LogP contribution in [0.1, 0.15) is 19.3 Å². The predicted octanol–water partition coefficient (Wildman–Crippen LogP) is 1.45. The molecule has 0 heterocycles. The minimum Gasteiger partial charge on any atom is -0.369 e. The Balaban J connectivity index is 2.53. The molecule has 1 atom stereocenters. The molecule has 0 saturated heterocycles. The molecule has 0 aliphatic heterocycles. The van der Waals surface area contributed by atoms with Crippen LogP contribution in [0.15, 0.2) is 0 Å². The lowest BCUT2D eigenvalue weighted by atomic mass is 10.0. The van der Waals surface area contributed by atoms with Crippen molar-refractivity contribution in [1.82, 2.24) is 0 Å². The van der Waals surface area contributed by atoms with Gasteiger partial charge in [0.05, 0.1) is 0 Å². The molecule has 2 nitrogen and oxygen atoms in total. The fourth-order valence-electron chi connectivity index (χ4n) is 1.10. The second-order valence-corrected chi connectivity index (χ2v) is 3.18. The Kier molecular flexibility index (Phi) is 2.30. The summed E-state index contributed by atoms with van der Waals surface area (Å²) in [7, 11) is 0. The van der Waals surface area contributed by atoms with Crippen molar-refractivity contribution in [2.45, 2.75) is 25.4 Å². The molecule has 0 aromatic rings. The topological polar surface area (TPSA) is 43.1 Å². The Hall–Kier alpha value is -0.740. The van der Waals surface area contributed by atoms with Crippen LogP contribution in [0.2, 0.25) is 0 Å². The van der Waals surface area contributed by atoms with Gasteiger partial charge in [0.25, 0.3) is 0 Å². The minimum absolute atomic E-state index is 0.0594. The highest BCUT2D eigenvalue weighted by Gasteiger charge is 2.46. The van der Waals surface area contributed by atoms with E-state index < -0.39 is 18.0 Å². The predicted molar refractivity (Wildman–Crippen MR) is 36.1 cm³/mol. The van der Waals surface area contributed by atoms with Gasteiger partial charge in [0, 0.05) is 0 Å². The highest BCUT2D eigenvalue weighted by atomic mass is 19.4. The first-order valence-electron chi connectivity index (χ1n) is 3.77. The summed E-state index contributed by atoms with van der Waals surface area (Å²) >= 11 is 0. The zero-order valence-electron chi connectivity index (χ0n) is 6.40. The number of amides is 1. The summed E-state index contributed by atoms with van der Waals surface area (Å²) < 4.78 is 36.2. The summed E-state index contributed by atoms with van der Waals surface area (Å²) in [5.74, 6) is -3.14. The van der Waals surface area contributed by atoms with E-state index in [9.17, 15) is 18.0 Å². The first-order chi connectivity index (χ1) is 5.41. The van der Waals surface area contributed by atoms with E-state index in [4.69, 9.17) is 0 Å². The summed E-state index contributed by atoms with van der Waals surface area (Å²) in [5, 5.41) is 0. The molecular weight excluding hydrogens is 171 g/mol. The van der Waals surface area contributed by atoms with Crippen LogP contribution in [0.3, 0.4) is 0 Å². The maximum Gasteiger partial charge on any atom is 0.400 e. The van der Waals surface area contributed by atoms with Gasteiger partial charge in [-0.25, -0.2) is 0 Å². The van der Waals surface area contributed by atoms with Crippen molar-refractivity contribution in [3.05, 3.63) is 0 Å². The molecular formula is C7H10F3NO. The number of hydrogen-bond acceptors (Lipinski definition) is 1. The van der Waals surface area contributed by atoms with Crippen molar-refractivity contribution in [2.75, 3.05) is 0 Å². The molecule has 1 amide bonds. The van der Waals surface area contributed by atoms with E-state index in [1.807, 2.05) is 0 Å². The zero-order valence-corrected chi connectivity index (χ0v) is 6.40. The third-order valence-corrected chi connectivity index (χ3v) is 2.00. The quantitative estimate of drug-likeness (QED) is 0.703. The van der Waals surface area contributed by atoms with Crippen LogP contribution in [0.25, 0.3) is 0 Å². The van der Waals surface area contributed by atoms with E-state index in [1.54, 1.807) is 0 Å². The van der Waals surface area contributed by atoms with Gasteiger partial charge in [0.1, 0.15) is 5.92 Å². The molecule has 1 saturated carbocycles. The van der Waals surface area contributed by atoms with Gasteiger partial charge in [-0.2, -0.15) is 13.2 Å². The lowest BCUT2D eigenvalue weighted by Gasteiger charge is -2.15. The summed E-state index contributed by atoms with van der Waals surface area (Å²) in [5.41, 5.74) is 4.64. The highest BCUT2D eigenvalue weighted by Crippen LogP contribution is 2.40. The summed E-state index contributed by atoms with van der Waals surface area (Å²) in [6.07, 6.45) is -3.01. The lowest BCUT2D eigenvalue weighted by Crippen LogP contribution is -2.35. The molecule has 0 bridgehead atoms. The molecule has 1 rings (SSSR count). The summed E-state index contributed by atoms with van der Waals surface area (Å²) in [4.78, 5) is 10.4. The van der Waals surface area contributed by atoms with Crippen LogP contribution in [0.4, 0.5) is 13.2 Å². The molecule has 70 valence electrons. The second kappa shape index (κ2) is 2.95. The number of primary amides is 1. The van der Waals surface area contributed by atoms with Crippen LogP contribution in [0, 0.1) is 11.8 Å².